The average Bonchev–Trinajstić information content (AvgIpc) is 3.45. The van der Waals surface area contributed by atoms with Crippen molar-refractivity contribution in [3.05, 3.63) is 11.9 Å². The van der Waals surface area contributed by atoms with Gasteiger partial charge in [-0.2, -0.15) is 4.98 Å². The van der Waals surface area contributed by atoms with Crippen molar-refractivity contribution in [2.24, 2.45) is 17.6 Å². The van der Waals surface area contributed by atoms with Crippen LogP contribution < -0.4 is 20.5 Å². The minimum Gasteiger partial charge on any atom is -0.476 e. The molecule has 26 heavy (non-hydrogen) atoms. The van der Waals surface area contributed by atoms with Crippen LogP contribution in [0.1, 0.15) is 57.6 Å². The molecule has 2 amide bonds. The molecule has 1 aromatic rings. The van der Waals surface area contributed by atoms with E-state index in [1.165, 1.54) is 19.0 Å². The second-order valence-corrected chi connectivity index (χ2v) is 7.55. The number of carbonyl (C=O) groups excluding carboxylic acids is 2. The predicted molar refractivity (Wildman–Crippen MR) is 93.8 cm³/mol. The first-order valence-corrected chi connectivity index (χ1v) is 9.19. The lowest BCUT2D eigenvalue weighted by Gasteiger charge is -2.17. The Kier molecular flexibility index (Phi) is 5.58. The number of amides is 2. The van der Waals surface area contributed by atoms with Crippen LogP contribution in [-0.4, -0.2) is 34.6 Å². The van der Waals surface area contributed by atoms with Gasteiger partial charge in [0.05, 0.1) is 12.8 Å². The highest BCUT2D eigenvalue weighted by Crippen LogP contribution is 2.43. The molecule has 1 atom stereocenters. The maximum absolute atomic E-state index is 12.1. The zero-order chi connectivity index (χ0) is 18.7. The lowest BCUT2D eigenvalue weighted by molar-refractivity contribution is -0.120. The lowest BCUT2D eigenvalue weighted by atomic mass is 10.0. The van der Waals surface area contributed by atoms with E-state index in [2.05, 4.69) is 15.3 Å². The summed E-state index contributed by atoms with van der Waals surface area (Å²) in [6, 6.07) is -0.785. The van der Waals surface area contributed by atoms with E-state index < -0.39 is 18.0 Å². The molecule has 0 unspecified atom stereocenters. The van der Waals surface area contributed by atoms with Crippen molar-refractivity contribution >= 4 is 12.0 Å². The van der Waals surface area contributed by atoms with Gasteiger partial charge in [-0.1, -0.05) is 13.8 Å². The summed E-state index contributed by atoms with van der Waals surface area (Å²) >= 11 is 0. The van der Waals surface area contributed by atoms with Crippen molar-refractivity contribution in [1.29, 1.82) is 0 Å². The Labute approximate surface area is 152 Å². The molecule has 8 heteroatoms. The first kappa shape index (κ1) is 18.4. The third-order valence-corrected chi connectivity index (χ3v) is 4.40. The summed E-state index contributed by atoms with van der Waals surface area (Å²) in [5.41, 5.74) is 6.15. The van der Waals surface area contributed by atoms with E-state index in [4.69, 9.17) is 15.2 Å². The normalized spacial score (nSPS) is 17.7. The monoisotopic (exact) mass is 362 g/mol. The van der Waals surface area contributed by atoms with Crippen LogP contribution in [0.2, 0.25) is 0 Å². The van der Waals surface area contributed by atoms with Crippen LogP contribution in [-0.2, 0) is 4.79 Å². The molecule has 0 bridgehead atoms. The van der Waals surface area contributed by atoms with Gasteiger partial charge in [0.2, 0.25) is 17.7 Å². The number of rotatable bonds is 9. The van der Waals surface area contributed by atoms with E-state index in [1.807, 2.05) is 13.8 Å². The summed E-state index contributed by atoms with van der Waals surface area (Å²) in [6.07, 6.45) is 5.57. The third kappa shape index (κ3) is 5.31. The predicted octanol–water partition coefficient (Wildman–Crippen LogP) is 2.13. The van der Waals surface area contributed by atoms with Gasteiger partial charge in [0.25, 0.3) is 0 Å². The molecular formula is C18H26N4O4. The molecule has 2 saturated carbocycles. The number of nitrogens with zero attached hydrogens (tertiary/aromatic N) is 2. The van der Waals surface area contributed by atoms with Gasteiger partial charge in [-0.15, -0.1) is 0 Å². The van der Waals surface area contributed by atoms with Crippen LogP contribution in [0.3, 0.4) is 0 Å². The number of primary amides is 1. The molecule has 3 rings (SSSR count). The molecule has 0 spiro atoms. The molecule has 0 aromatic carbocycles. The minimum absolute atomic E-state index is 0.0467. The van der Waals surface area contributed by atoms with Gasteiger partial charge in [-0.05, 0) is 43.9 Å². The number of nitrogens with two attached hydrogens (primary N) is 1. The molecule has 142 valence electrons. The fraction of sp³-hybridized carbons (Fsp3) is 0.667. The smallest absolute Gasteiger partial charge is 0.414 e. The van der Waals surface area contributed by atoms with E-state index in [0.717, 1.165) is 18.5 Å². The molecule has 0 aliphatic heterocycles. The van der Waals surface area contributed by atoms with Gasteiger partial charge in [0.1, 0.15) is 11.7 Å². The van der Waals surface area contributed by atoms with Gasteiger partial charge in [0.15, 0.2) is 0 Å². The molecule has 3 N–H and O–H groups in total. The summed E-state index contributed by atoms with van der Waals surface area (Å²) < 4.78 is 11.0. The highest BCUT2D eigenvalue weighted by atomic mass is 16.6. The van der Waals surface area contributed by atoms with Crippen molar-refractivity contribution in [2.75, 3.05) is 6.61 Å². The van der Waals surface area contributed by atoms with Gasteiger partial charge < -0.3 is 20.5 Å². The van der Waals surface area contributed by atoms with Crippen molar-refractivity contribution in [1.82, 2.24) is 15.3 Å². The van der Waals surface area contributed by atoms with Gasteiger partial charge >= 0.3 is 6.09 Å². The minimum atomic E-state index is -0.785. The molecule has 8 nitrogen and oxygen atoms in total. The summed E-state index contributed by atoms with van der Waals surface area (Å²) in [4.78, 5) is 32.2. The first-order chi connectivity index (χ1) is 12.4. The van der Waals surface area contributed by atoms with Crippen LogP contribution in [0.15, 0.2) is 6.20 Å². The number of hydrogen-bond donors (Lipinski definition) is 2. The number of ether oxygens (including phenoxy) is 2. The molecule has 0 saturated heterocycles. The molecule has 2 aliphatic carbocycles. The van der Waals surface area contributed by atoms with Crippen LogP contribution in [0.25, 0.3) is 0 Å². The summed E-state index contributed by atoms with van der Waals surface area (Å²) in [5, 5.41) is 2.48. The van der Waals surface area contributed by atoms with Gasteiger partial charge in [-0.3, -0.25) is 4.79 Å². The highest BCUT2D eigenvalue weighted by molar-refractivity contribution is 5.84. The Bertz CT molecular complexity index is 671. The number of nitrogens with one attached hydrogen (secondary N) is 1. The largest absolute Gasteiger partial charge is 0.476 e. The van der Waals surface area contributed by atoms with Crippen molar-refractivity contribution in [3.8, 4) is 11.8 Å². The molecule has 1 aromatic heterocycles. The summed E-state index contributed by atoms with van der Waals surface area (Å²) in [7, 11) is 0. The number of carbonyl (C=O) groups is 2. The van der Waals surface area contributed by atoms with Gasteiger partial charge in [-0.25, -0.2) is 9.78 Å². The van der Waals surface area contributed by atoms with E-state index >= 15 is 0 Å². The zero-order valence-corrected chi connectivity index (χ0v) is 15.2. The maximum Gasteiger partial charge on any atom is 0.414 e. The zero-order valence-electron chi connectivity index (χ0n) is 15.2. The van der Waals surface area contributed by atoms with Gasteiger partial charge in [0, 0.05) is 5.92 Å². The molecule has 0 radical (unpaired) electrons. The van der Waals surface area contributed by atoms with Crippen LogP contribution in [0.5, 0.6) is 11.8 Å². The summed E-state index contributed by atoms with van der Waals surface area (Å²) in [6.45, 7) is 4.49. The molecule has 1 heterocycles. The van der Waals surface area contributed by atoms with E-state index in [1.54, 1.807) is 0 Å². The quantitative estimate of drug-likeness (QED) is 0.695. The van der Waals surface area contributed by atoms with E-state index in [0.29, 0.717) is 30.7 Å². The standard InChI is InChI=1S/C18H26N4O4/c1-10(2)7-13(16(19)23)21-18(24)26-14-8-20-15(12-5-6-12)17(22-14)25-9-11-3-4-11/h8,10-13H,3-7,9H2,1-2H3,(H2,19,23)(H,21,24)/t13-/m0/s1. The highest BCUT2D eigenvalue weighted by Gasteiger charge is 2.31. The molecule has 2 fully saturated rings. The maximum atomic E-state index is 12.1. The Balaban J connectivity index is 1.63. The first-order valence-electron chi connectivity index (χ1n) is 9.19. The van der Waals surface area contributed by atoms with Crippen molar-refractivity contribution < 1.29 is 19.1 Å². The topological polar surface area (TPSA) is 116 Å². The summed E-state index contributed by atoms with van der Waals surface area (Å²) in [5.74, 6) is 1.06. The SMILES string of the molecule is CC(C)C[C@H](NC(=O)Oc1cnc(C2CC2)c(OCC2CC2)n1)C(N)=O. The molecule has 2 aliphatic rings. The second-order valence-electron chi connectivity index (χ2n) is 7.55. The van der Waals surface area contributed by atoms with Crippen molar-refractivity contribution in [3.63, 3.8) is 0 Å². The average molecular weight is 362 g/mol. The molecular weight excluding hydrogens is 336 g/mol. The van der Waals surface area contributed by atoms with E-state index in [-0.39, 0.29) is 11.8 Å². The van der Waals surface area contributed by atoms with Crippen molar-refractivity contribution in [2.45, 2.75) is 57.9 Å². The Morgan fingerprint density at radius 2 is 2.04 bits per heavy atom. The lowest BCUT2D eigenvalue weighted by Crippen LogP contribution is -2.46. The second kappa shape index (κ2) is 7.88. The number of aromatic nitrogens is 2. The Morgan fingerprint density at radius 1 is 1.31 bits per heavy atom. The van der Waals surface area contributed by atoms with Crippen LogP contribution >= 0.6 is 0 Å². The number of hydrogen-bond acceptors (Lipinski definition) is 6. The fourth-order valence-corrected chi connectivity index (χ4v) is 2.62. The Morgan fingerprint density at radius 3 is 2.62 bits per heavy atom. The van der Waals surface area contributed by atoms with Crippen LogP contribution in [0, 0.1) is 11.8 Å². The Hall–Kier alpha value is -2.38. The fourth-order valence-electron chi connectivity index (χ4n) is 2.62. The van der Waals surface area contributed by atoms with E-state index in [9.17, 15) is 9.59 Å². The van der Waals surface area contributed by atoms with Crippen LogP contribution in [0.4, 0.5) is 4.79 Å². The third-order valence-electron chi connectivity index (χ3n) is 4.40.